The molecule has 1 aliphatic carbocycles. The summed E-state index contributed by atoms with van der Waals surface area (Å²) in [6, 6.07) is 4.99. The van der Waals surface area contributed by atoms with E-state index in [1.165, 1.54) is 11.8 Å². The normalized spacial score (nSPS) is 15.8. The van der Waals surface area contributed by atoms with Crippen LogP contribution in [0.15, 0.2) is 39.9 Å². The Morgan fingerprint density at radius 2 is 2.21 bits per heavy atom. The minimum Gasteiger partial charge on any atom is -0.481 e. The molecule has 10 nitrogen and oxygen atoms in total. The van der Waals surface area contributed by atoms with Gasteiger partial charge >= 0.3 is 6.03 Å². The third-order valence-corrected chi connectivity index (χ3v) is 7.23. The van der Waals surface area contributed by atoms with Gasteiger partial charge in [0.25, 0.3) is 0 Å². The zero-order valence-electron chi connectivity index (χ0n) is 18.3. The van der Waals surface area contributed by atoms with Crippen molar-refractivity contribution in [1.82, 2.24) is 14.8 Å². The van der Waals surface area contributed by atoms with Crippen molar-refractivity contribution in [2.24, 2.45) is 9.50 Å². The highest BCUT2D eigenvalue weighted by atomic mass is 32.2. The summed E-state index contributed by atoms with van der Waals surface area (Å²) in [5.41, 5.74) is 5.51. The highest BCUT2D eigenvalue weighted by Gasteiger charge is 2.27. The molecule has 1 aromatic carbocycles. The molecule has 3 heterocycles. The monoisotopic (exact) mass is 468 g/mol. The van der Waals surface area contributed by atoms with Crippen LogP contribution in [0.25, 0.3) is 11.1 Å². The van der Waals surface area contributed by atoms with Crippen LogP contribution in [0.5, 0.6) is 11.8 Å². The van der Waals surface area contributed by atoms with E-state index in [0.717, 1.165) is 41.5 Å². The number of ether oxygens (including phenoxy) is 2. The largest absolute Gasteiger partial charge is 0.481 e. The molecule has 0 bridgehead atoms. The van der Waals surface area contributed by atoms with Crippen molar-refractivity contribution in [3.63, 3.8) is 0 Å². The number of fused-ring (bicyclic) bond motifs is 2. The van der Waals surface area contributed by atoms with E-state index in [9.17, 15) is 9.00 Å². The van der Waals surface area contributed by atoms with Crippen LogP contribution in [-0.4, -0.2) is 38.7 Å². The SMILES string of the molecule is COc1cc(-c2c(C)cc3c(c2NC(=O)N=[S@](N)(=O)c2cnn4c2OCCC4)CC3)ccn1. The summed E-state index contributed by atoms with van der Waals surface area (Å²) in [6.45, 7) is 3.08. The number of aromatic nitrogens is 3. The van der Waals surface area contributed by atoms with Gasteiger partial charge in [-0.15, -0.1) is 4.36 Å². The van der Waals surface area contributed by atoms with Gasteiger partial charge < -0.3 is 14.8 Å². The van der Waals surface area contributed by atoms with Gasteiger partial charge in [0.1, 0.15) is 4.90 Å². The number of hydrogen-bond donors (Lipinski definition) is 2. The first-order chi connectivity index (χ1) is 15.9. The minimum atomic E-state index is -3.56. The van der Waals surface area contributed by atoms with E-state index in [0.29, 0.717) is 30.6 Å². The Labute approximate surface area is 191 Å². The maximum absolute atomic E-state index is 13.2. The summed E-state index contributed by atoms with van der Waals surface area (Å²) in [4.78, 5) is 17.2. The topological polar surface area (TPSA) is 134 Å². The summed E-state index contributed by atoms with van der Waals surface area (Å²) in [6.07, 6.45) is 5.55. The number of anilines is 1. The molecule has 0 spiro atoms. The van der Waals surface area contributed by atoms with E-state index in [-0.39, 0.29) is 4.90 Å². The predicted octanol–water partition coefficient (Wildman–Crippen LogP) is 3.08. The fourth-order valence-corrected chi connectivity index (χ4v) is 5.26. The first-order valence-electron chi connectivity index (χ1n) is 10.6. The van der Waals surface area contributed by atoms with E-state index in [4.69, 9.17) is 14.6 Å². The molecule has 3 N–H and O–H groups in total. The van der Waals surface area contributed by atoms with E-state index in [1.807, 2.05) is 19.1 Å². The Bertz CT molecular complexity index is 1390. The van der Waals surface area contributed by atoms with Crippen LogP contribution in [0.4, 0.5) is 10.5 Å². The van der Waals surface area contributed by atoms with Crippen LogP contribution in [-0.2, 0) is 29.3 Å². The minimum absolute atomic E-state index is 0.119. The van der Waals surface area contributed by atoms with Crippen LogP contribution < -0.4 is 19.9 Å². The quantitative estimate of drug-likeness (QED) is 0.604. The number of carbonyl (C=O) groups excluding carboxylic acids is 1. The maximum atomic E-state index is 13.2. The molecule has 0 saturated heterocycles. The number of carbonyl (C=O) groups is 1. The molecular formula is C22H24N6O4S. The first kappa shape index (κ1) is 21.4. The van der Waals surface area contributed by atoms with E-state index in [2.05, 4.69) is 25.8 Å². The molecular weight excluding hydrogens is 444 g/mol. The maximum Gasteiger partial charge on any atom is 0.354 e. The van der Waals surface area contributed by atoms with Crippen molar-refractivity contribution in [2.75, 3.05) is 19.0 Å². The second-order valence-electron chi connectivity index (χ2n) is 8.00. The first-order valence-corrected chi connectivity index (χ1v) is 12.2. The number of nitrogens with one attached hydrogen (secondary N) is 1. The van der Waals surface area contributed by atoms with Crippen LogP contribution in [0, 0.1) is 6.92 Å². The fourth-order valence-electron chi connectivity index (χ4n) is 4.26. The van der Waals surface area contributed by atoms with Crippen molar-refractivity contribution in [3.05, 3.63) is 47.3 Å². The van der Waals surface area contributed by atoms with Crippen molar-refractivity contribution >= 4 is 21.6 Å². The summed E-state index contributed by atoms with van der Waals surface area (Å²) in [5, 5.41) is 13.0. The summed E-state index contributed by atoms with van der Waals surface area (Å²) in [7, 11) is -2.01. The van der Waals surface area contributed by atoms with Gasteiger partial charge in [0.15, 0.2) is 9.92 Å². The molecule has 0 unspecified atom stereocenters. The summed E-state index contributed by atoms with van der Waals surface area (Å²) < 4.78 is 29.4. The lowest BCUT2D eigenvalue weighted by molar-refractivity contribution is 0.224. The number of rotatable bonds is 4. The standard InChI is InChI=1S/C22H24N6O4S/c1-13-10-14-4-5-16(14)20(19(13)15-6-7-24-18(11-15)31-2)26-22(29)27-33(23,30)17-12-25-28-8-3-9-32-21(17)28/h6-7,10-12H,3-5,8-9H2,1-2H3,(H3,23,26,27,29,30)/t33-/m0/s1. The van der Waals surface area contributed by atoms with Gasteiger partial charge in [-0.2, -0.15) is 5.10 Å². The second-order valence-corrected chi connectivity index (χ2v) is 9.76. The van der Waals surface area contributed by atoms with Gasteiger partial charge in [-0.3, -0.25) is 0 Å². The van der Waals surface area contributed by atoms with Gasteiger partial charge in [-0.1, -0.05) is 6.07 Å². The van der Waals surface area contributed by atoms with Crippen LogP contribution in [0.3, 0.4) is 0 Å². The molecule has 33 heavy (non-hydrogen) atoms. The Balaban J connectivity index is 1.54. The lowest BCUT2D eigenvalue weighted by Crippen LogP contribution is -2.22. The molecule has 5 rings (SSSR count). The van der Waals surface area contributed by atoms with Crippen molar-refractivity contribution < 1.29 is 18.5 Å². The number of benzene rings is 1. The average molecular weight is 469 g/mol. The summed E-state index contributed by atoms with van der Waals surface area (Å²) in [5.74, 6) is 0.766. The molecule has 0 fully saturated rings. The van der Waals surface area contributed by atoms with Crippen LogP contribution >= 0.6 is 0 Å². The highest BCUT2D eigenvalue weighted by molar-refractivity contribution is 7.91. The number of methoxy groups -OCH3 is 1. The number of urea groups is 1. The smallest absolute Gasteiger partial charge is 0.354 e. The molecule has 1 atom stereocenters. The van der Waals surface area contributed by atoms with Crippen molar-refractivity contribution in [2.45, 2.75) is 37.6 Å². The van der Waals surface area contributed by atoms with E-state index >= 15 is 0 Å². The number of nitrogens with zero attached hydrogens (tertiary/aromatic N) is 4. The Morgan fingerprint density at radius 3 is 2.97 bits per heavy atom. The number of nitrogens with two attached hydrogens (primary N) is 1. The third kappa shape index (κ3) is 3.83. The Hall–Kier alpha value is -3.44. The number of hydrogen-bond acceptors (Lipinski definition) is 6. The zero-order valence-corrected chi connectivity index (χ0v) is 19.1. The Kier molecular flexibility index (Phi) is 5.29. The van der Waals surface area contributed by atoms with Crippen molar-refractivity contribution in [1.29, 1.82) is 0 Å². The molecule has 0 saturated carbocycles. The van der Waals surface area contributed by atoms with E-state index in [1.54, 1.807) is 18.0 Å². The van der Waals surface area contributed by atoms with Gasteiger partial charge in [0, 0.05) is 30.8 Å². The highest BCUT2D eigenvalue weighted by Crippen LogP contribution is 2.41. The predicted molar refractivity (Wildman–Crippen MR) is 123 cm³/mol. The van der Waals surface area contributed by atoms with Gasteiger partial charge in [-0.05, 0) is 48.1 Å². The van der Waals surface area contributed by atoms with Crippen LogP contribution in [0.2, 0.25) is 0 Å². The molecule has 3 aromatic rings. The average Bonchev–Trinajstić information content (AvgIpc) is 3.21. The van der Waals surface area contributed by atoms with E-state index < -0.39 is 15.9 Å². The van der Waals surface area contributed by atoms with Gasteiger partial charge in [0.2, 0.25) is 11.8 Å². The zero-order chi connectivity index (χ0) is 23.2. The molecule has 2 amide bonds. The molecule has 172 valence electrons. The second kappa shape index (κ2) is 8.16. The molecule has 1 aliphatic heterocycles. The lowest BCUT2D eigenvalue weighted by atomic mass is 9.81. The molecule has 2 aliphatic rings. The molecule has 2 aromatic heterocycles. The number of pyridine rings is 1. The van der Waals surface area contributed by atoms with Crippen LogP contribution in [0.1, 0.15) is 23.1 Å². The molecule has 11 heteroatoms. The third-order valence-electron chi connectivity index (χ3n) is 5.88. The van der Waals surface area contributed by atoms with Gasteiger partial charge in [-0.25, -0.2) is 23.8 Å². The number of aryl methyl sites for hydroxylation is 3. The summed E-state index contributed by atoms with van der Waals surface area (Å²) >= 11 is 0. The van der Waals surface area contributed by atoms with Gasteiger partial charge in [0.05, 0.1) is 25.6 Å². The number of amides is 2. The lowest BCUT2D eigenvalue weighted by Gasteiger charge is -2.27. The van der Waals surface area contributed by atoms with Crippen molar-refractivity contribution in [3.8, 4) is 22.9 Å². The molecule has 0 radical (unpaired) electrons. The fraction of sp³-hybridized carbons (Fsp3) is 0.318. The Morgan fingerprint density at radius 1 is 1.36 bits per heavy atom.